The van der Waals surface area contributed by atoms with Gasteiger partial charge in [-0.3, -0.25) is 0 Å². The van der Waals surface area contributed by atoms with Gasteiger partial charge < -0.3 is 0 Å². The van der Waals surface area contributed by atoms with Gasteiger partial charge in [0, 0.05) is 0 Å². The van der Waals surface area contributed by atoms with Gasteiger partial charge in [-0.1, -0.05) is 32.1 Å². The first-order valence-corrected chi connectivity index (χ1v) is 8.43. The van der Waals surface area contributed by atoms with E-state index in [1.165, 1.54) is 23.7 Å². The molecule has 0 saturated heterocycles. The lowest BCUT2D eigenvalue weighted by molar-refractivity contribution is -0.0184. The van der Waals surface area contributed by atoms with E-state index in [4.69, 9.17) is 0 Å². The van der Waals surface area contributed by atoms with Crippen LogP contribution in [0, 0.1) is 35.5 Å². The van der Waals surface area contributed by atoms with Crippen LogP contribution in [0.4, 0.5) is 0 Å². The third-order valence-electron chi connectivity index (χ3n) is 7.08. The van der Waals surface area contributed by atoms with Crippen molar-refractivity contribution < 1.29 is 0 Å². The molecule has 0 spiro atoms. The molecular weight excluding hydrogens is 204 g/mol. The van der Waals surface area contributed by atoms with Crippen LogP contribution in [-0.2, 0) is 0 Å². The largest absolute Gasteiger partial charge is 0.0530 e. The number of fused-ring (bicyclic) bond motifs is 5. The van der Waals surface area contributed by atoms with Gasteiger partial charge in [0.05, 0.1) is 0 Å². The zero-order valence-electron chi connectivity index (χ0n) is 11.2. The predicted octanol–water partition coefficient (Wildman–Crippen LogP) is 5.03. The van der Waals surface area contributed by atoms with E-state index in [0.29, 0.717) is 0 Å². The Balaban J connectivity index is 1.56. The van der Waals surface area contributed by atoms with Crippen molar-refractivity contribution in [2.75, 3.05) is 0 Å². The predicted molar refractivity (Wildman–Crippen MR) is 71.7 cm³/mol. The SMILES string of the molecule is C1CCC2C(C1)CC[C@H]1C3CCC[C@H]3CC[C@H]21. The summed E-state index contributed by atoms with van der Waals surface area (Å²) in [6, 6.07) is 0. The van der Waals surface area contributed by atoms with Crippen molar-refractivity contribution in [1.82, 2.24) is 0 Å². The van der Waals surface area contributed by atoms with Gasteiger partial charge >= 0.3 is 0 Å². The maximum absolute atomic E-state index is 1.62. The fourth-order valence-electron chi connectivity index (χ4n) is 6.45. The Bertz CT molecular complexity index is 282. The lowest BCUT2D eigenvalue weighted by Gasteiger charge is -2.51. The molecule has 0 aromatic rings. The molecule has 0 bridgehead atoms. The summed E-state index contributed by atoms with van der Waals surface area (Å²) in [7, 11) is 0. The highest BCUT2D eigenvalue weighted by atomic mass is 14.5. The molecule has 0 nitrogen and oxygen atoms in total. The second kappa shape index (κ2) is 4.28. The van der Waals surface area contributed by atoms with Crippen LogP contribution in [-0.4, -0.2) is 0 Å². The van der Waals surface area contributed by atoms with E-state index in [9.17, 15) is 0 Å². The van der Waals surface area contributed by atoms with Gasteiger partial charge in [-0.2, -0.15) is 0 Å². The lowest BCUT2D eigenvalue weighted by atomic mass is 9.54. The molecule has 0 aromatic carbocycles. The van der Waals surface area contributed by atoms with Gasteiger partial charge in [-0.05, 0) is 74.0 Å². The van der Waals surface area contributed by atoms with E-state index in [0.717, 1.165) is 11.8 Å². The zero-order chi connectivity index (χ0) is 11.2. The summed E-state index contributed by atoms with van der Waals surface area (Å²) >= 11 is 0. The minimum atomic E-state index is 1.16. The Morgan fingerprint density at radius 3 is 1.59 bits per heavy atom. The molecule has 4 saturated carbocycles. The Morgan fingerprint density at radius 2 is 0.882 bits per heavy atom. The molecule has 0 aliphatic heterocycles. The maximum Gasteiger partial charge on any atom is -0.0352 e. The molecule has 17 heavy (non-hydrogen) atoms. The average molecular weight is 232 g/mol. The Hall–Kier alpha value is 0. The van der Waals surface area contributed by atoms with Crippen LogP contribution in [0.3, 0.4) is 0 Å². The van der Waals surface area contributed by atoms with Crippen LogP contribution in [0.5, 0.6) is 0 Å². The molecule has 0 heteroatoms. The zero-order valence-corrected chi connectivity index (χ0v) is 11.2. The number of hydrogen-bond acceptors (Lipinski definition) is 0. The first-order chi connectivity index (χ1) is 8.43. The van der Waals surface area contributed by atoms with E-state index < -0.39 is 0 Å². The standard InChI is InChI=1S/C17H28/c1-2-6-14-12(4-1)8-10-17-15-7-3-5-13(15)9-11-16(14)17/h12-17H,1-11H2/t12?,13-,14?,15?,16+,17-/m0/s1. The minimum Gasteiger partial charge on any atom is -0.0530 e. The molecule has 0 heterocycles. The van der Waals surface area contributed by atoms with Gasteiger partial charge in [-0.25, -0.2) is 0 Å². The molecule has 0 aromatic heterocycles. The molecule has 3 unspecified atom stereocenters. The summed E-state index contributed by atoms with van der Waals surface area (Å²) < 4.78 is 0. The fraction of sp³-hybridized carbons (Fsp3) is 1.00. The summed E-state index contributed by atoms with van der Waals surface area (Å²) in [6.45, 7) is 0. The third-order valence-corrected chi connectivity index (χ3v) is 7.08. The Labute approximate surface area is 107 Å². The quantitative estimate of drug-likeness (QED) is 0.549. The molecule has 0 amide bonds. The van der Waals surface area contributed by atoms with Crippen molar-refractivity contribution in [1.29, 1.82) is 0 Å². The molecule has 4 aliphatic rings. The number of hydrogen-bond donors (Lipinski definition) is 0. The maximum atomic E-state index is 1.62. The third kappa shape index (κ3) is 1.70. The normalized spacial score (nSPS) is 53.6. The highest BCUT2D eigenvalue weighted by Crippen LogP contribution is 2.57. The second-order valence-corrected chi connectivity index (χ2v) is 7.55. The summed E-state index contributed by atoms with van der Waals surface area (Å²) in [5, 5.41) is 0. The summed E-state index contributed by atoms with van der Waals surface area (Å²) in [4.78, 5) is 0. The molecular formula is C17H28. The highest BCUT2D eigenvalue weighted by Gasteiger charge is 2.48. The molecule has 6 atom stereocenters. The van der Waals surface area contributed by atoms with E-state index in [1.54, 1.807) is 70.6 Å². The monoisotopic (exact) mass is 232 g/mol. The molecule has 4 rings (SSSR count). The van der Waals surface area contributed by atoms with Crippen LogP contribution in [0.1, 0.15) is 70.6 Å². The highest BCUT2D eigenvalue weighted by molar-refractivity contribution is 4.98. The van der Waals surface area contributed by atoms with Gasteiger partial charge in [0.2, 0.25) is 0 Å². The van der Waals surface area contributed by atoms with Gasteiger partial charge in [-0.15, -0.1) is 0 Å². The van der Waals surface area contributed by atoms with E-state index in [2.05, 4.69) is 0 Å². The molecule has 0 radical (unpaired) electrons. The van der Waals surface area contributed by atoms with Crippen LogP contribution in [0.15, 0.2) is 0 Å². The van der Waals surface area contributed by atoms with Crippen molar-refractivity contribution in [3.05, 3.63) is 0 Å². The molecule has 4 aliphatic carbocycles. The van der Waals surface area contributed by atoms with Crippen LogP contribution >= 0.6 is 0 Å². The van der Waals surface area contributed by atoms with Crippen LogP contribution < -0.4 is 0 Å². The molecule has 96 valence electrons. The lowest BCUT2D eigenvalue weighted by Crippen LogP contribution is -2.43. The van der Waals surface area contributed by atoms with Crippen molar-refractivity contribution in [3.8, 4) is 0 Å². The first kappa shape index (κ1) is 10.9. The smallest absolute Gasteiger partial charge is 0.0352 e. The van der Waals surface area contributed by atoms with Crippen LogP contribution in [0.25, 0.3) is 0 Å². The van der Waals surface area contributed by atoms with E-state index >= 15 is 0 Å². The van der Waals surface area contributed by atoms with Gasteiger partial charge in [0.25, 0.3) is 0 Å². The minimum absolute atomic E-state index is 1.16. The van der Waals surface area contributed by atoms with Crippen molar-refractivity contribution in [2.45, 2.75) is 70.6 Å². The molecule has 4 fully saturated rings. The number of rotatable bonds is 0. The Kier molecular flexibility index (Phi) is 2.74. The van der Waals surface area contributed by atoms with Crippen molar-refractivity contribution in [3.63, 3.8) is 0 Å². The van der Waals surface area contributed by atoms with E-state index in [-0.39, 0.29) is 0 Å². The van der Waals surface area contributed by atoms with Gasteiger partial charge in [0.1, 0.15) is 0 Å². The van der Waals surface area contributed by atoms with Crippen LogP contribution in [0.2, 0.25) is 0 Å². The average Bonchev–Trinajstić information content (AvgIpc) is 2.86. The summed E-state index contributed by atoms with van der Waals surface area (Å²) in [6.07, 6.45) is 17.5. The van der Waals surface area contributed by atoms with Crippen molar-refractivity contribution >= 4 is 0 Å². The Morgan fingerprint density at radius 1 is 0.353 bits per heavy atom. The molecule has 0 N–H and O–H groups in total. The topological polar surface area (TPSA) is 0 Å². The summed E-state index contributed by atoms with van der Waals surface area (Å²) in [5.41, 5.74) is 0. The fourth-order valence-corrected chi connectivity index (χ4v) is 6.45. The first-order valence-electron chi connectivity index (χ1n) is 8.43. The van der Waals surface area contributed by atoms with Gasteiger partial charge in [0.15, 0.2) is 0 Å². The van der Waals surface area contributed by atoms with Crippen molar-refractivity contribution in [2.24, 2.45) is 35.5 Å². The second-order valence-electron chi connectivity index (χ2n) is 7.55. The van der Waals surface area contributed by atoms with E-state index in [1.807, 2.05) is 0 Å². The summed E-state index contributed by atoms with van der Waals surface area (Å²) in [5.74, 6) is 7.02.